The van der Waals surface area contributed by atoms with Crippen LogP contribution in [0.2, 0.25) is 5.28 Å². The van der Waals surface area contributed by atoms with Crippen molar-refractivity contribution >= 4 is 22.8 Å². The van der Waals surface area contributed by atoms with Crippen LogP contribution in [0.25, 0.3) is 11.2 Å². The van der Waals surface area contributed by atoms with Gasteiger partial charge in [-0.05, 0) is 24.4 Å². The summed E-state index contributed by atoms with van der Waals surface area (Å²) in [7, 11) is 0. The topological polar surface area (TPSA) is 90.6 Å². The van der Waals surface area contributed by atoms with E-state index in [1.54, 1.807) is 0 Å². The molecule has 1 aliphatic heterocycles. The van der Waals surface area contributed by atoms with Gasteiger partial charge in [0.2, 0.25) is 5.28 Å². The number of imidazole rings is 1. The van der Waals surface area contributed by atoms with Crippen LogP contribution in [0.4, 0.5) is 0 Å². The fourth-order valence-electron chi connectivity index (χ4n) is 2.32. The molecule has 98 valence electrons. The molecule has 0 atom stereocenters. The molecular weight excluding hydrogens is 268 g/mol. The van der Waals surface area contributed by atoms with E-state index in [-0.39, 0.29) is 16.9 Å². The van der Waals surface area contributed by atoms with Gasteiger partial charge in [0.25, 0.3) is 0 Å². The van der Waals surface area contributed by atoms with Crippen LogP contribution in [-0.2, 0) is 0 Å². The minimum atomic E-state index is -0.262. The second kappa shape index (κ2) is 4.55. The van der Waals surface area contributed by atoms with E-state index in [1.807, 2.05) is 5.01 Å². The molecule has 0 radical (unpaired) electrons. The second-order valence-electron chi connectivity index (χ2n) is 4.48. The van der Waals surface area contributed by atoms with E-state index in [0.29, 0.717) is 24.3 Å². The first-order valence-electron chi connectivity index (χ1n) is 5.97. The molecule has 3 heterocycles. The summed E-state index contributed by atoms with van der Waals surface area (Å²) in [6.07, 6.45) is 2.98. The van der Waals surface area contributed by atoms with Gasteiger partial charge in [0.05, 0.1) is 12.3 Å². The summed E-state index contributed by atoms with van der Waals surface area (Å²) in [5.74, 6) is 0.0652. The first-order valence-corrected chi connectivity index (χ1v) is 6.35. The summed E-state index contributed by atoms with van der Waals surface area (Å²) in [4.78, 5) is 22.6. The number of nitrogens with one attached hydrogen (secondary N) is 1. The highest BCUT2D eigenvalue weighted by atomic mass is 35.5. The fourth-order valence-corrected chi connectivity index (χ4v) is 2.45. The summed E-state index contributed by atoms with van der Waals surface area (Å²) < 4.78 is 1.48. The quantitative estimate of drug-likeness (QED) is 0.773. The van der Waals surface area contributed by atoms with Gasteiger partial charge in [0.1, 0.15) is 5.52 Å². The van der Waals surface area contributed by atoms with Gasteiger partial charge in [-0.3, -0.25) is 0 Å². The van der Waals surface area contributed by atoms with E-state index in [1.165, 1.54) is 10.9 Å². The Bertz CT molecular complexity index is 706. The number of rotatable bonds is 1. The zero-order valence-corrected chi connectivity index (χ0v) is 10.8. The van der Waals surface area contributed by atoms with Gasteiger partial charge in [-0.1, -0.05) is 0 Å². The summed E-state index contributed by atoms with van der Waals surface area (Å²) >= 11 is 5.77. The van der Waals surface area contributed by atoms with Crippen molar-refractivity contribution in [2.24, 2.45) is 5.92 Å². The van der Waals surface area contributed by atoms with E-state index in [2.05, 4.69) is 21.0 Å². The Kier molecular flexibility index (Phi) is 2.87. The molecule has 8 heteroatoms. The van der Waals surface area contributed by atoms with Crippen molar-refractivity contribution in [1.82, 2.24) is 19.6 Å². The summed E-state index contributed by atoms with van der Waals surface area (Å²) in [6, 6.07) is 2.26. The van der Waals surface area contributed by atoms with Crippen LogP contribution < -0.4 is 10.7 Å². The molecule has 0 spiro atoms. The first kappa shape index (κ1) is 12.0. The zero-order chi connectivity index (χ0) is 13.4. The molecule has 1 aliphatic rings. The van der Waals surface area contributed by atoms with E-state index in [4.69, 9.17) is 16.9 Å². The van der Waals surface area contributed by atoms with Gasteiger partial charge in [-0.15, -0.1) is 0 Å². The third kappa shape index (κ3) is 2.04. The van der Waals surface area contributed by atoms with Crippen molar-refractivity contribution in [3.63, 3.8) is 0 Å². The third-order valence-corrected chi connectivity index (χ3v) is 3.49. The Labute approximate surface area is 113 Å². The number of hydrogen-bond donors (Lipinski definition) is 1. The van der Waals surface area contributed by atoms with E-state index >= 15 is 0 Å². The largest absolute Gasteiger partial charge is 0.346 e. The summed E-state index contributed by atoms with van der Waals surface area (Å²) in [6.45, 7) is 1.29. The molecule has 0 bridgehead atoms. The van der Waals surface area contributed by atoms with Crippen LogP contribution in [0, 0.1) is 17.2 Å². The van der Waals surface area contributed by atoms with Gasteiger partial charge in [0.15, 0.2) is 5.65 Å². The molecule has 3 rings (SSSR count). The highest BCUT2D eigenvalue weighted by molar-refractivity contribution is 6.28. The standard InChI is InChI=1S/C11H11ClN6O/c12-10-14-6-8-9(16-10)18(11(19)15-8)17-3-1-7(5-13)2-4-17/h6-7H,1-4H2,(H,15,19). The van der Waals surface area contributed by atoms with Crippen LogP contribution in [0.5, 0.6) is 0 Å². The molecule has 1 N–H and O–H groups in total. The predicted molar refractivity (Wildman–Crippen MR) is 69.4 cm³/mol. The molecule has 0 saturated carbocycles. The van der Waals surface area contributed by atoms with Gasteiger partial charge in [-0.2, -0.15) is 14.9 Å². The van der Waals surface area contributed by atoms with E-state index in [0.717, 1.165) is 12.8 Å². The number of piperidine rings is 1. The van der Waals surface area contributed by atoms with Crippen LogP contribution in [0.15, 0.2) is 11.0 Å². The lowest BCUT2D eigenvalue weighted by Gasteiger charge is -2.30. The molecule has 7 nitrogen and oxygen atoms in total. The molecular formula is C11H11ClN6O. The smallest absolute Gasteiger partial charge is 0.307 e. The van der Waals surface area contributed by atoms with Crippen LogP contribution in [0.1, 0.15) is 12.8 Å². The van der Waals surface area contributed by atoms with Crippen molar-refractivity contribution < 1.29 is 0 Å². The van der Waals surface area contributed by atoms with Gasteiger partial charge < -0.3 is 9.99 Å². The molecule has 2 aromatic heterocycles. The normalized spacial score (nSPS) is 16.7. The van der Waals surface area contributed by atoms with Crippen LogP contribution in [0.3, 0.4) is 0 Å². The van der Waals surface area contributed by atoms with Gasteiger partial charge >= 0.3 is 5.69 Å². The van der Waals surface area contributed by atoms with Crippen LogP contribution in [-0.4, -0.2) is 32.7 Å². The van der Waals surface area contributed by atoms with Crippen LogP contribution >= 0.6 is 11.6 Å². The number of nitriles is 1. The maximum atomic E-state index is 12.0. The average Bonchev–Trinajstić information content (AvgIpc) is 2.74. The molecule has 1 fully saturated rings. The molecule has 0 aromatic carbocycles. The fraction of sp³-hybridized carbons (Fsp3) is 0.455. The Balaban J connectivity index is 2.01. The van der Waals surface area contributed by atoms with Crippen molar-refractivity contribution in [3.8, 4) is 6.07 Å². The second-order valence-corrected chi connectivity index (χ2v) is 4.81. The van der Waals surface area contributed by atoms with E-state index < -0.39 is 0 Å². The van der Waals surface area contributed by atoms with Crippen molar-refractivity contribution in [2.45, 2.75) is 12.8 Å². The number of fused-ring (bicyclic) bond motifs is 1. The maximum absolute atomic E-state index is 12.0. The molecule has 0 aliphatic carbocycles. The lowest BCUT2D eigenvalue weighted by atomic mass is 10.00. The Morgan fingerprint density at radius 1 is 1.47 bits per heavy atom. The number of aromatic nitrogens is 4. The molecule has 19 heavy (non-hydrogen) atoms. The lowest BCUT2D eigenvalue weighted by Crippen LogP contribution is -2.46. The average molecular weight is 279 g/mol. The number of nitrogens with zero attached hydrogens (tertiary/aromatic N) is 5. The summed E-state index contributed by atoms with van der Waals surface area (Å²) in [5, 5.41) is 10.9. The Morgan fingerprint density at radius 3 is 2.89 bits per heavy atom. The maximum Gasteiger partial charge on any atom is 0.346 e. The Morgan fingerprint density at radius 2 is 2.21 bits per heavy atom. The van der Waals surface area contributed by atoms with E-state index in [9.17, 15) is 4.79 Å². The molecule has 0 unspecified atom stereocenters. The van der Waals surface area contributed by atoms with Gasteiger partial charge in [-0.25, -0.2) is 9.78 Å². The molecule has 0 amide bonds. The van der Waals surface area contributed by atoms with Crippen molar-refractivity contribution in [1.29, 1.82) is 5.26 Å². The predicted octanol–water partition coefficient (Wildman–Crippen LogP) is 0.645. The highest BCUT2D eigenvalue weighted by Crippen LogP contribution is 2.17. The molecule has 1 saturated heterocycles. The SMILES string of the molecule is N#CC1CCN(n2c(=O)[nH]c3cnc(Cl)nc32)CC1. The van der Waals surface area contributed by atoms with Crippen molar-refractivity contribution in [2.75, 3.05) is 18.1 Å². The Hall–Kier alpha value is -2.07. The third-order valence-electron chi connectivity index (χ3n) is 3.31. The monoisotopic (exact) mass is 278 g/mol. The highest BCUT2D eigenvalue weighted by Gasteiger charge is 2.22. The first-order chi connectivity index (χ1) is 9.19. The number of aromatic amines is 1. The minimum Gasteiger partial charge on any atom is -0.307 e. The number of halogens is 1. The lowest BCUT2D eigenvalue weighted by molar-refractivity contribution is 0.420. The number of H-pyrrole nitrogens is 1. The summed E-state index contributed by atoms with van der Waals surface area (Å²) in [5.41, 5.74) is 0.763. The van der Waals surface area contributed by atoms with Gasteiger partial charge in [0, 0.05) is 19.0 Å². The van der Waals surface area contributed by atoms with Crippen molar-refractivity contribution in [3.05, 3.63) is 22.0 Å². The zero-order valence-electron chi connectivity index (χ0n) is 10.0. The number of hydrogen-bond acceptors (Lipinski definition) is 5. The minimum absolute atomic E-state index is 0.0652. The molecule has 2 aromatic rings.